The molecule has 1 heterocycles. The summed E-state index contributed by atoms with van der Waals surface area (Å²) in [5.74, 6) is -1.71. The quantitative estimate of drug-likeness (QED) is 0.646. The van der Waals surface area contributed by atoms with Gasteiger partial charge in [-0.25, -0.2) is 4.39 Å². The molecule has 2 aromatic rings. The summed E-state index contributed by atoms with van der Waals surface area (Å²) in [5.41, 5.74) is 1.57. The first-order chi connectivity index (χ1) is 11.0. The summed E-state index contributed by atoms with van der Waals surface area (Å²) in [4.78, 5) is 37.2. The van der Waals surface area contributed by atoms with Gasteiger partial charge in [-0.1, -0.05) is 12.1 Å². The van der Waals surface area contributed by atoms with Crippen molar-refractivity contribution in [2.24, 2.45) is 0 Å². The van der Waals surface area contributed by atoms with Crippen LogP contribution in [0.15, 0.2) is 48.5 Å². The van der Waals surface area contributed by atoms with Gasteiger partial charge in [0.05, 0.1) is 11.6 Å². The number of halogens is 1. The molecule has 5 heteroatoms. The van der Waals surface area contributed by atoms with Crippen molar-refractivity contribution in [3.63, 3.8) is 0 Å². The SMILES string of the molecule is CC(=O)c1ccc(N2C(=O)C[C@@H](c3ccc(F)cc3)C2=O)cc1. The summed E-state index contributed by atoms with van der Waals surface area (Å²) < 4.78 is 13.0. The molecule has 1 fully saturated rings. The molecular formula is C18H14FNO3. The first kappa shape index (κ1) is 15.1. The number of hydrogen-bond donors (Lipinski definition) is 0. The Balaban J connectivity index is 1.89. The molecule has 0 bridgehead atoms. The fraction of sp³-hybridized carbons (Fsp3) is 0.167. The minimum Gasteiger partial charge on any atom is -0.295 e. The van der Waals surface area contributed by atoms with Crippen molar-refractivity contribution in [1.82, 2.24) is 0 Å². The van der Waals surface area contributed by atoms with Gasteiger partial charge in [0.1, 0.15) is 5.82 Å². The van der Waals surface area contributed by atoms with Crippen LogP contribution >= 0.6 is 0 Å². The van der Waals surface area contributed by atoms with Crippen LogP contribution in [0.3, 0.4) is 0 Å². The van der Waals surface area contributed by atoms with Gasteiger partial charge in [0.15, 0.2) is 5.78 Å². The van der Waals surface area contributed by atoms with Crippen LogP contribution in [0.1, 0.15) is 35.2 Å². The fourth-order valence-electron chi connectivity index (χ4n) is 2.70. The van der Waals surface area contributed by atoms with E-state index < -0.39 is 5.92 Å². The van der Waals surface area contributed by atoms with Gasteiger partial charge in [-0.2, -0.15) is 0 Å². The standard InChI is InChI=1S/C18H14FNO3/c1-11(21)12-4-8-15(9-5-12)20-17(22)10-16(18(20)23)13-2-6-14(19)7-3-13/h2-9,16H,10H2,1H3/t16-/m0/s1. The molecule has 0 unspecified atom stereocenters. The van der Waals surface area contributed by atoms with Crippen LogP contribution in [-0.4, -0.2) is 17.6 Å². The molecular weight excluding hydrogens is 297 g/mol. The molecule has 0 aromatic heterocycles. The molecule has 2 amide bonds. The Morgan fingerprint density at radius 2 is 1.65 bits per heavy atom. The Labute approximate surface area is 132 Å². The van der Waals surface area contributed by atoms with E-state index >= 15 is 0 Å². The zero-order valence-electron chi connectivity index (χ0n) is 12.5. The summed E-state index contributed by atoms with van der Waals surface area (Å²) in [6, 6.07) is 11.9. The van der Waals surface area contributed by atoms with E-state index in [0.29, 0.717) is 16.8 Å². The van der Waals surface area contributed by atoms with Crippen LogP contribution in [0.4, 0.5) is 10.1 Å². The minimum absolute atomic E-state index is 0.0545. The van der Waals surface area contributed by atoms with Gasteiger partial charge in [0.25, 0.3) is 0 Å². The topological polar surface area (TPSA) is 54.5 Å². The van der Waals surface area contributed by atoms with Gasteiger partial charge in [0.2, 0.25) is 11.8 Å². The predicted molar refractivity (Wildman–Crippen MR) is 82.7 cm³/mol. The largest absolute Gasteiger partial charge is 0.295 e. The number of ketones is 1. The number of anilines is 1. The van der Waals surface area contributed by atoms with Crippen LogP contribution < -0.4 is 4.90 Å². The number of Topliss-reactive ketones (excluding diaryl/α,β-unsaturated/α-hetero) is 1. The summed E-state index contributed by atoms with van der Waals surface area (Å²) in [7, 11) is 0. The van der Waals surface area contributed by atoms with Crippen molar-refractivity contribution in [2.75, 3.05) is 4.90 Å². The third kappa shape index (κ3) is 2.77. The van der Waals surface area contributed by atoms with Gasteiger partial charge in [-0.05, 0) is 48.9 Å². The summed E-state index contributed by atoms with van der Waals surface area (Å²) in [6.45, 7) is 1.45. The predicted octanol–water partition coefficient (Wildman–Crippen LogP) is 3.08. The number of rotatable bonds is 3. The van der Waals surface area contributed by atoms with E-state index in [0.717, 1.165) is 4.90 Å². The van der Waals surface area contributed by atoms with Gasteiger partial charge in [-0.3, -0.25) is 19.3 Å². The molecule has 0 N–H and O–H groups in total. The lowest BCUT2D eigenvalue weighted by molar-refractivity contribution is -0.121. The smallest absolute Gasteiger partial charge is 0.241 e. The Morgan fingerprint density at radius 3 is 2.22 bits per heavy atom. The summed E-state index contributed by atoms with van der Waals surface area (Å²) >= 11 is 0. The molecule has 0 spiro atoms. The molecule has 23 heavy (non-hydrogen) atoms. The van der Waals surface area contributed by atoms with Crippen LogP contribution in [-0.2, 0) is 9.59 Å². The maximum absolute atomic E-state index is 13.0. The Kier molecular flexibility index (Phi) is 3.78. The highest BCUT2D eigenvalue weighted by molar-refractivity contribution is 6.22. The highest BCUT2D eigenvalue weighted by atomic mass is 19.1. The average Bonchev–Trinajstić information content (AvgIpc) is 2.83. The van der Waals surface area contributed by atoms with E-state index in [1.807, 2.05) is 0 Å². The van der Waals surface area contributed by atoms with Gasteiger partial charge in [0, 0.05) is 12.0 Å². The van der Waals surface area contributed by atoms with Gasteiger partial charge in [-0.15, -0.1) is 0 Å². The lowest BCUT2D eigenvalue weighted by atomic mass is 9.98. The van der Waals surface area contributed by atoms with Crippen LogP contribution in [0.5, 0.6) is 0 Å². The third-order valence-electron chi connectivity index (χ3n) is 3.95. The summed E-state index contributed by atoms with van der Waals surface area (Å²) in [5, 5.41) is 0. The molecule has 4 nitrogen and oxygen atoms in total. The van der Waals surface area contributed by atoms with Crippen LogP contribution in [0.25, 0.3) is 0 Å². The van der Waals surface area contributed by atoms with Gasteiger partial charge >= 0.3 is 0 Å². The molecule has 0 saturated carbocycles. The van der Waals surface area contributed by atoms with E-state index in [2.05, 4.69) is 0 Å². The number of carbonyl (C=O) groups excluding carboxylic acids is 3. The van der Waals surface area contributed by atoms with Crippen molar-refractivity contribution in [1.29, 1.82) is 0 Å². The van der Waals surface area contributed by atoms with Gasteiger partial charge < -0.3 is 0 Å². The van der Waals surface area contributed by atoms with Crippen molar-refractivity contribution < 1.29 is 18.8 Å². The van der Waals surface area contributed by atoms with Crippen molar-refractivity contribution in [2.45, 2.75) is 19.3 Å². The second-order valence-corrected chi connectivity index (χ2v) is 5.48. The van der Waals surface area contributed by atoms with Crippen LogP contribution in [0, 0.1) is 5.82 Å². The number of benzene rings is 2. The number of imide groups is 1. The number of amides is 2. The molecule has 1 aliphatic rings. The monoisotopic (exact) mass is 311 g/mol. The number of carbonyl (C=O) groups is 3. The zero-order valence-corrected chi connectivity index (χ0v) is 12.5. The molecule has 116 valence electrons. The van der Waals surface area contributed by atoms with Crippen molar-refractivity contribution in [3.05, 3.63) is 65.5 Å². The fourth-order valence-corrected chi connectivity index (χ4v) is 2.70. The Bertz CT molecular complexity index is 781. The second kappa shape index (κ2) is 5.76. The number of hydrogen-bond acceptors (Lipinski definition) is 3. The molecule has 0 aliphatic carbocycles. The summed E-state index contributed by atoms with van der Waals surface area (Å²) in [6.07, 6.45) is 0.0545. The third-order valence-corrected chi connectivity index (χ3v) is 3.95. The minimum atomic E-state index is -0.601. The maximum atomic E-state index is 13.0. The zero-order chi connectivity index (χ0) is 16.6. The molecule has 2 aromatic carbocycles. The number of nitrogens with zero attached hydrogens (tertiary/aromatic N) is 1. The Morgan fingerprint density at radius 1 is 1.04 bits per heavy atom. The highest BCUT2D eigenvalue weighted by Gasteiger charge is 2.40. The molecule has 1 saturated heterocycles. The molecule has 3 rings (SSSR count). The van der Waals surface area contributed by atoms with E-state index in [9.17, 15) is 18.8 Å². The molecule has 1 aliphatic heterocycles. The second-order valence-electron chi connectivity index (χ2n) is 5.48. The van der Waals surface area contributed by atoms with Crippen LogP contribution in [0.2, 0.25) is 0 Å². The molecule has 1 atom stereocenters. The van der Waals surface area contributed by atoms with E-state index in [1.54, 1.807) is 24.3 Å². The normalized spacial score (nSPS) is 17.7. The van der Waals surface area contributed by atoms with E-state index in [1.165, 1.54) is 31.2 Å². The first-order valence-corrected chi connectivity index (χ1v) is 7.20. The van der Waals surface area contributed by atoms with E-state index in [-0.39, 0.29) is 29.8 Å². The lowest BCUT2D eigenvalue weighted by Crippen LogP contribution is -2.30. The first-order valence-electron chi connectivity index (χ1n) is 7.20. The van der Waals surface area contributed by atoms with Crippen molar-refractivity contribution in [3.8, 4) is 0 Å². The maximum Gasteiger partial charge on any atom is 0.241 e. The van der Waals surface area contributed by atoms with E-state index in [4.69, 9.17) is 0 Å². The van der Waals surface area contributed by atoms with Crippen molar-refractivity contribution >= 4 is 23.3 Å². The molecule has 0 radical (unpaired) electrons. The highest BCUT2D eigenvalue weighted by Crippen LogP contribution is 2.33. The Hall–Kier alpha value is -2.82. The average molecular weight is 311 g/mol. The lowest BCUT2D eigenvalue weighted by Gasteiger charge is -2.15.